The molecular weight excluding hydrogens is 356 g/mol. The number of nitrogens with zero attached hydrogens (tertiary/aromatic N) is 1. The third-order valence-corrected chi connectivity index (χ3v) is 5.81. The molecule has 1 aliphatic carbocycles. The largest absolute Gasteiger partial charge is 0.455 e. The Kier molecular flexibility index (Phi) is 7.44. The molecule has 0 radical (unpaired) electrons. The van der Waals surface area contributed by atoms with Gasteiger partial charge in [0.1, 0.15) is 0 Å². The number of carbonyl (C=O) groups is 2. The number of ether oxygens (including phenoxy) is 1. The Hall–Kier alpha value is -2.09. The normalized spacial score (nSPS) is 22.5. The molecule has 7 nitrogen and oxygen atoms in total. The Labute approximate surface area is 157 Å². The lowest BCUT2D eigenvalue weighted by atomic mass is 9.78. The number of hydrogen-bond acceptors (Lipinski definition) is 6. The Morgan fingerprint density at radius 2 is 1.96 bits per heavy atom. The van der Waals surface area contributed by atoms with Crippen LogP contribution in [0.2, 0.25) is 0 Å². The molecule has 8 heteroatoms. The number of esters is 1. The molecule has 1 saturated carbocycles. The van der Waals surface area contributed by atoms with Gasteiger partial charge in [0, 0.05) is 23.1 Å². The number of benzene rings is 1. The van der Waals surface area contributed by atoms with Crippen LogP contribution in [0.25, 0.3) is 0 Å². The second kappa shape index (κ2) is 9.56. The summed E-state index contributed by atoms with van der Waals surface area (Å²) in [4.78, 5) is 34.6. The predicted octanol–water partition coefficient (Wildman–Crippen LogP) is 3.17. The number of non-ortho nitro benzene ring substituents is 1. The third kappa shape index (κ3) is 6.01. The van der Waals surface area contributed by atoms with Crippen molar-refractivity contribution < 1.29 is 19.2 Å². The fourth-order valence-electron chi connectivity index (χ4n) is 3.03. The highest BCUT2D eigenvalue weighted by Crippen LogP contribution is 2.29. The molecule has 1 amide bonds. The van der Waals surface area contributed by atoms with Gasteiger partial charge in [0.05, 0.1) is 10.7 Å². The number of thioether (sulfide) groups is 1. The van der Waals surface area contributed by atoms with Crippen molar-refractivity contribution in [3.8, 4) is 0 Å². The van der Waals surface area contributed by atoms with Gasteiger partial charge in [0.25, 0.3) is 11.6 Å². The zero-order valence-corrected chi connectivity index (χ0v) is 15.8. The van der Waals surface area contributed by atoms with E-state index in [9.17, 15) is 19.7 Å². The van der Waals surface area contributed by atoms with E-state index in [0.717, 1.165) is 17.7 Å². The van der Waals surface area contributed by atoms with E-state index in [1.165, 1.54) is 30.3 Å². The summed E-state index contributed by atoms with van der Waals surface area (Å²) in [6.07, 6.45) is 3.24. The summed E-state index contributed by atoms with van der Waals surface area (Å²) in [5.41, 5.74) is -0.000132. The molecule has 1 aromatic rings. The van der Waals surface area contributed by atoms with Crippen molar-refractivity contribution >= 4 is 29.3 Å². The van der Waals surface area contributed by atoms with Crippen LogP contribution >= 0.6 is 11.8 Å². The molecule has 1 N–H and O–H groups in total. The van der Waals surface area contributed by atoms with E-state index < -0.39 is 10.9 Å². The highest BCUT2D eigenvalue weighted by molar-refractivity contribution is 8.00. The number of hydrogen-bond donors (Lipinski definition) is 1. The van der Waals surface area contributed by atoms with Crippen molar-refractivity contribution in [1.29, 1.82) is 0 Å². The average Bonchev–Trinajstić information content (AvgIpc) is 2.62. The standard InChI is InChI=1S/C18H24N2O5S/c1-12-4-3-5-16(13(12)2)19-17(21)10-25-18(22)11-26-15-8-6-14(7-9-15)20(23)24/h6-9,12-13,16H,3-5,10-11H2,1-2H3,(H,19,21)/t12-,13-,16+/m1/s1. The second-order valence-corrected chi connectivity index (χ2v) is 7.69. The Balaban J connectivity index is 1.69. The van der Waals surface area contributed by atoms with Gasteiger partial charge in [-0.25, -0.2) is 0 Å². The van der Waals surface area contributed by atoms with Gasteiger partial charge in [-0.05, 0) is 30.4 Å². The minimum Gasteiger partial charge on any atom is -0.455 e. The smallest absolute Gasteiger partial charge is 0.316 e. The van der Waals surface area contributed by atoms with Gasteiger partial charge in [-0.2, -0.15) is 0 Å². The van der Waals surface area contributed by atoms with Crippen molar-refractivity contribution in [1.82, 2.24) is 5.32 Å². The van der Waals surface area contributed by atoms with Crippen LogP contribution in [0.5, 0.6) is 0 Å². The number of nitro benzene ring substituents is 1. The molecule has 0 aromatic heterocycles. The highest BCUT2D eigenvalue weighted by Gasteiger charge is 2.28. The first-order valence-corrected chi connectivity index (χ1v) is 9.67. The van der Waals surface area contributed by atoms with Crippen LogP contribution in [0.4, 0.5) is 5.69 Å². The molecule has 0 unspecified atom stereocenters. The zero-order valence-electron chi connectivity index (χ0n) is 15.0. The van der Waals surface area contributed by atoms with Crippen LogP contribution in [-0.4, -0.2) is 35.2 Å². The Morgan fingerprint density at radius 1 is 1.27 bits per heavy atom. The maximum Gasteiger partial charge on any atom is 0.316 e. The first-order valence-electron chi connectivity index (χ1n) is 8.69. The molecule has 1 fully saturated rings. The topological polar surface area (TPSA) is 98.5 Å². The van der Waals surface area contributed by atoms with Gasteiger partial charge in [-0.1, -0.05) is 26.7 Å². The molecule has 3 atom stereocenters. The summed E-state index contributed by atoms with van der Waals surface area (Å²) in [6, 6.07) is 6.06. The summed E-state index contributed by atoms with van der Waals surface area (Å²) in [5.74, 6) is 0.274. The van der Waals surface area contributed by atoms with Crippen LogP contribution < -0.4 is 5.32 Å². The SMILES string of the molecule is C[C@@H]1[C@H](C)CCC[C@@H]1NC(=O)COC(=O)CSc1ccc([N+](=O)[O-])cc1. The van der Waals surface area contributed by atoms with Crippen LogP contribution in [0.15, 0.2) is 29.2 Å². The summed E-state index contributed by atoms with van der Waals surface area (Å²) in [5, 5.41) is 13.6. The van der Waals surface area contributed by atoms with Crippen LogP contribution in [0, 0.1) is 22.0 Å². The lowest BCUT2D eigenvalue weighted by Crippen LogP contribution is -2.45. The zero-order chi connectivity index (χ0) is 19.1. The van der Waals surface area contributed by atoms with Crippen molar-refractivity contribution in [3.05, 3.63) is 34.4 Å². The molecule has 142 valence electrons. The van der Waals surface area contributed by atoms with Gasteiger partial charge in [-0.15, -0.1) is 11.8 Å². The fourth-order valence-corrected chi connectivity index (χ4v) is 3.72. The van der Waals surface area contributed by atoms with Gasteiger partial charge in [-0.3, -0.25) is 19.7 Å². The Bertz CT molecular complexity index is 649. The minimum atomic E-state index is -0.492. The summed E-state index contributed by atoms with van der Waals surface area (Å²) in [6.45, 7) is 4.05. The molecule has 26 heavy (non-hydrogen) atoms. The highest BCUT2D eigenvalue weighted by atomic mass is 32.2. The van der Waals surface area contributed by atoms with E-state index in [0.29, 0.717) is 11.8 Å². The molecular formula is C18H24N2O5S. The van der Waals surface area contributed by atoms with Crippen molar-refractivity contribution in [2.45, 2.75) is 44.0 Å². The quantitative estimate of drug-likeness (QED) is 0.338. The monoisotopic (exact) mass is 380 g/mol. The van der Waals surface area contributed by atoms with Gasteiger partial charge in [0.15, 0.2) is 6.61 Å². The molecule has 0 spiro atoms. The number of nitro groups is 1. The summed E-state index contributed by atoms with van der Waals surface area (Å²) >= 11 is 1.21. The van der Waals surface area contributed by atoms with Gasteiger partial charge < -0.3 is 10.1 Å². The van der Waals surface area contributed by atoms with Gasteiger partial charge >= 0.3 is 5.97 Å². The first kappa shape index (κ1) is 20.2. The molecule has 0 aliphatic heterocycles. The molecule has 1 aromatic carbocycles. The molecule has 1 aliphatic rings. The summed E-state index contributed by atoms with van der Waals surface area (Å²) in [7, 11) is 0. The van der Waals surface area contributed by atoms with E-state index in [-0.39, 0.29) is 30.0 Å². The van der Waals surface area contributed by atoms with E-state index in [4.69, 9.17) is 4.74 Å². The second-order valence-electron chi connectivity index (χ2n) is 6.64. The minimum absolute atomic E-state index is 0.000132. The molecule has 2 rings (SSSR count). The Morgan fingerprint density at radius 3 is 2.62 bits per heavy atom. The van der Waals surface area contributed by atoms with Crippen LogP contribution in [0.1, 0.15) is 33.1 Å². The van der Waals surface area contributed by atoms with Gasteiger partial charge in [0.2, 0.25) is 0 Å². The fraction of sp³-hybridized carbons (Fsp3) is 0.556. The first-order chi connectivity index (χ1) is 12.4. The molecule has 0 saturated heterocycles. The van der Waals surface area contributed by atoms with E-state index in [2.05, 4.69) is 19.2 Å². The van der Waals surface area contributed by atoms with Crippen LogP contribution in [-0.2, 0) is 14.3 Å². The number of nitrogens with one attached hydrogen (secondary N) is 1. The molecule has 0 heterocycles. The van der Waals surface area contributed by atoms with Crippen molar-refractivity contribution in [2.75, 3.05) is 12.4 Å². The third-order valence-electron chi connectivity index (χ3n) is 4.82. The number of rotatable bonds is 7. The van der Waals surface area contributed by atoms with Crippen molar-refractivity contribution in [3.63, 3.8) is 0 Å². The average molecular weight is 380 g/mol. The molecule has 0 bridgehead atoms. The van der Waals surface area contributed by atoms with Crippen molar-refractivity contribution in [2.24, 2.45) is 11.8 Å². The van der Waals surface area contributed by atoms with Crippen LogP contribution in [0.3, 0.4) is 0 Å². The lowest BCUT2D eigenvalue weighted by Gasteiger charge is -2.34. The van der Waals surface area contributed by atoms with E-state index in [1.807, 2.05) is 0 Å². The number of amides is 1. The summed E-state index contributed by atoms with van der Waals surface area (Å²) < 4.78 is 5.01. The maximum atomic E-state index is 12.0. The predicted molar refractivity (Wildman–Crippen MR) is 98.9 cm³/mol. The van der Waals surface area contributed by atoms with E-state index >= 15 is 0 Å². The van der Waals surface area contributed by atoms with E-state index in [1.54, 1.807) is 12.1 Å². The number of carbonyl (C=O) groups excluding carboxylic acids is 2. The lowest BCUT2D eigenvalue weighted by molar-refractivity contribution is -0.384. The maximum absolute atomic E-state index is 12.0.